The van der Waals surface area contributed by atoms with Crippen molar-refractivity contribution in [1.82, 2.24) is 0 Å². The molecule has 0 radical (unpaired) electrons. The summed E-state index contributed by atoms with van der Waals surface area (Å²) in [6.07, 6.45) is 2.45. The summed E-state index contributed by atoms with van der Waals surface area (Å²) in [6, 6.07) is 0.426. The predicted molar refractivity (Wildman–Crippen MR) is 32.6 cm³/mol. The highest BCUT2D eigenvalue weighted by Crippen LogP contribution is 2.24. The molecule has 8 heavy (non-hydrogen) atoms. The molecule has 1 saturated carbocycles. The molecule has 0 spiro atoms. The average molecular weight is 115 g/mol. The van der Waals surface area contributed by atoms with Crippen LogP contribution in [0.15, 0.2) is 0 Å². The van der Waals surface area contributed by atoms with Crippen LogP contribution >= 0.6 is 0 Å². The highest BCUT2D eigenvalue weighted by atomic mass is 16.5. The minimum atomic E-state index is 0.426. The number of ether oxygens (including phenoxy) is 1. The molecule has 0 aliphatic heterocycles. The van der Waals surface area contributed by atoms with E-state index in [-0.39, 0.29) is 0 Å². The first-order valence-electron chi connectivity index (χ1n) is 3.09. The van der Waals surface area contributed by atoms with Crippen LogP contribution in [0.1, 0.15) is 12.8 Å². The molecule has 2 N–H and O–H groups in total. The van der Waals surface area contributed by atoms with Crippen molar-refractivity contribution >= 4 is 0 Å². The standard InChI is InChI=1S/C6H13NO/c1-8-4-5-2-3-6(5)7/h5-6H,2-4,7H2,1H3. The second-order valence-corrected chi connectivity index (χ2v) is 2.46. The SMILES string of the molecule is COCC1CCC1N. The summed E-state index contributed by atoms with van der Waals surface area (Å²) < 4.78 is 4.94. The molecule has 0 aromatic carbocycles. The van der Waals surface area contributed by atoms with Crippen LogP contribution in [0.2, 0.25) is 0 Å². The predicted octanol–water partition coefficient (Wildman–Crippen LogP) is 0.370. The number of rotatable bonds is 2. The summed E-state index contributed by atoms with van der Waals surface area (Å²) in [6.45, 7) is 0.848. The van der Waals surface area contributed by atoms with Crippen LogP contribution in [0.4, 0.5) is 0 Å². The zero-order valence-corrected chi connectivity index (χ0v) is 5.26. The van der Waals surface area contributed by atoms with Crippen LogP contribution in [-0.2, 0) is 4.74 Å². The molecule has 1 aliphatic rings. The van der Waals surface area contributed by atoms with E-state index in [0.29, 0.717) is 12.0 Å². The maximum atomic E-state index is 5.63. The zero-order valence-electron chi connectivity index (χ0n) is 5.26. The molecule has 2 nitrogen and oxygen atoms in total. The van der Waals surface area contributed by atoms with E-state index in [1.165, 1.54) is 12.8 Å². The van der Waals surface area contributed by atoms with Gasteiger partial charge in [0.15, 0.2) is 0 Å². The Morgan fingerprint density at radius 2 is 2.38 bits per heavy atom. The summed E-state index contributed by atoms with van der Waals surface area (Å²) in [5.74, 6) is 0.653. The van der Waals surface area contributed by atoms with Gasteiger partial charge in [0, 0.05) is 13.2 Å². The van der Waals surface area contributed by atoms with Crippen LogP contribution in [0, 0.1) is 5.92 Å². The van der Waals surface area contributed by atoms with Crippen molar-refractivity contribution in [3.63, 3.8) is 0 Å². The quantitative estimate of drug-likeness (QED) is 0.564. The van der Waals surface area contributed by atoms with Gasteiger partial charge in [-0.15, -0.1) is 0 Å². The second-order valence-electron chi connectivity index (χ2n) is 2.46. The first kappa shape index (κ1) is 6.05. The smallest absolute Gasteiger partial charge is 0.0505 e. The van der Waals surface area contributed by atoms with E-state index in [2.05, 4.69) is 0 Å². The topological polar surface area (TPSA) is 35.2 Å². The Balaban J connectivity index is 2.08. The molecule has 0 saturated heterocycles. The largest absolute Gasteiger partial charge is 0.384 e. The van der Waals surface area contributed by atoms with E-state index in [9.17, 15) is 0 Å². The Morgan fingerprint density at radius 3 is 2.50 bits per heavy atom. The van der Waals surface area contributed by atoms with Gasteiger partial charge in [-0.05, 0) is 18.8 Å². The molecule has 0 bridgehead atoms. The number of nitrogens with two attached hydrogens (primary N) is 1. The van der Waals surface area contributed by atoms with Crippen molar-refractivity contribution < 1.29 is 4.74 Å². The van der Waals surface area contributed by atoms with Crippen molar-refractivity contribution in [2.75, 3.05) is 13.7 Å². The van der Waals surface area contributed by atoms with E-state index < -0.39 is 0 Å². The van der Waals surface area contributed by atoms with Gasteiger partial charge in [0.25, 0.3) is 0 Å². The van der Waals surface area contributed by atoms with Gasteiger partial charge in [0.1, 0.15) is 0 Å². The zero-order chi connectivity index (χ0) is 5.98. The van der Waals surface area contributed by atoms with E-state index in [4.69, 9.17) is 10.5 Å². The van der Waals surface area contributed by atoms with Gasteiger partial charge in [0.05, 0.1) is 6.61 Å². The maximum absolute atomic E-state index is 5.63. The summed E-state index contributed by atoms with van der Waals surface area (Å²) >= 11 is 0. The summed E-state index contributed by atoms with van der Waals surface area (Å²) in [5, 5.41) is 0. The molecule has 48 valence electrons. The lowest BCUT2D eigenvalue weighted by Crippen LogP contribution is -2.41. The Labute approximate surface area is 50.0 Å². The second kappa shape index (κ2) is 2.46. The van der Waals surface area contributed by atoms with E-state index >= 15 is 0 Å². The van der Waals surface area contributed by atoms with Crippen molar-refractivity contribution in [3.05, 3.63) is 0 Å². The van der Waals surface area contributed by atoms with Crippen LogP contribution < -0.4 is 5.73 Å². The van der Waals surface area contributed by atoms with E-state index in [0.717, 1.165) is 6.61 Å². The van der Waals surface area contributed by atoms with Gasteiger partial charge in [-0.1, -0.05) is 0 Å². The third kappa shape index (κ3) is 1.01. The molecular formula is C6H13NO. The molecule has 1 aliphatic carbocycles. The molecule has 1 rings (SSSR count). The lowest BCUT2D eigenvalue weighted by atomic mass is 9.81. The summed E-state index contributed by atoms with van der Waals surface area (Å²) in [7, 11) is 1.73. The minimum Gasteiger partial charge on any atom is -0.384 e. The number of hydrogen-bond acceptors (Lipinski definition) is 2. The minimum absolute atomic E-state index is 0.426. The summed E-state index contributed by atoms with van der Waals surface area (Å²) in [5.41, 5.74) is 5.63. The highest BCUT2D eigenvalue weighted by Gasteiger charge is 2.26. The molecule has 2 atom stereocenters. The highest BCUT2D eigenvalue weighted by molar-refractivity contribution is 4.82. The third-order valence-electron chi connectivity index (χ3n) is 1.86. The van der Waals surface area contributed by atoms with Crippen molar-refractivity contribution in [2.24, 2.45) is 11.7 Å². The Bertz CT molecular complexity index is 74.9. The maximum Gasteiger partial charge on any atom is 0.0505 e. The molecule has 0 aromatic heterocycles. The Kier molecular flexibility index (Phi) is 1.86. The molecule has 2 heteroatoms. The monoisotopic (exact) mass is 115 g/mol. The van der Waals surface area contributed by atoms with Crippen LogP contribution in [0.25, 0.3) is 0 Å². The van der Waals surface area contributed by atoms with Crippen molar-refractivity contribution in [1.29, 1.82) is 0 Å². The number of methoxy groups -OCH3 is 1. The molecule has 0 heterocycles. The molecule has 1 fully saturated rings. The van der Waals surface area contributed by atoms with Crippen LogP contribution in [-0.4, -0.2) is 19.8 Å². The lowest BCUT2D eigenvalue weighted by molar-refractivity contribution is 0.0945. The van der Waals surface area contributed by atoms with Gasteiger partial charge in [-0.2, -0.15) is 0 Å². The van der Waals surface area contributed by atoms with Gasteiger partial charge in [-0.3, -0.25) is 0 Å². The van der Waals surface area contributed by atoms with Gasteiger partial charge in [-0.25, -0.2) is 0 Å². The molecule has 0 amide bonds. The van der Waals surface area contributed by atoms with Gasteiger partial charge in [0.2, 0.25) is 0 Å². The first-order chi connectivity index (χ1) is 3.84. The molecule has 2 unspecified atom stereocenters. The third-order valence-corrected chi connectivity index (χ3v) is 1.86. The Hall–Kier alpha value is -0.0800. The van der Waals surface area contributed by atoms with Crippen LogP contribution in [0.5, 0.6) is 0 Å². The molecular weight excluding hydrogens is 102 g/mol. The summed E-state index contributed by atoms with van der Waals surface area (Å²) in [4.78, 5) is 0. The van der Waals surface area contributed by atoms with Crippen molar-refractivity contribution in [3.8, 4) is 0 Å². The fourth-order valence-electron chi connectivity index (χ4n) is 1.02. The molecule has 0 aromatic rings. The van der Waals surface area contributed by atoms with Crippen LogP contribution in [0.3, 0.4) is 0 Å². The fraction of sp³-hybridized carbons (Fsp3) is 1.00. The van der Waals surface area contributed by atoms with Gasteiger partial charge < -0.3 is 10.5 Å². The van der Waals surface area contributed by atoms with Crippen molar-refractivity contribution in [2.45, 2.75) is 18.9 Å². The van der Waals surface area contributed by atoms with E-state index in [1.807, 2.05) is 0 Å². The normalized spacial score (nSPS) is 36.8. The van der Waals surface area contributed by atoms with Gasteiger partial charge >= 0.3 is 0 Å². The number of hydrogen-bond donors (Lipinski definition) is 1. The first-order valence-corrected chi connectivity index (χ1v) is 3.09. The fourth-order valence-corrected chi connectivity index (χ4v) is 1.02. The average Bonchev–Trinajstić information content (AvgIpc) is 1.79. The lowest BCUT2D eigenvalue weighted by Gasteiger charge is -2.32. The Morgan fingerprint density at radius 1 is 1.62 bits per heavy atom. The van der Waals surface area contributed by atoms with E-state index in [1.54, 1.807) is 7.11 Å².